The van der Waals surface area contributed by atoms with E-state index in [9.17, 15) is 5.11 Å². The number of aliphatic hydroxyl groups is 1. The Morgan fingerprint density at radius 3 is 2.93 bits per heavy atom. The Balaban J connectivity index is 1.94. The van der Waals surface area contributed by atoms with E-state index in [1.54, 1.807) is 12.4 Å². The fraction of sp³-hybridized carbons (Fsp3) is 0.556. The lowest BCUT2D eigenvalue weighted by atomic mass is 10.3. The van der Waals surface area contributed by atoms with Gasteiger partial charge in [-0.25, -0.2) is 4.98 Å². The molecule has 14 heavy (non-hydrogen) atoms. The minimum absolute atomic E-state index is 0.185. The number of β-amino-alcohol motifs (C(OH)–C–C–N with tert-alkyl or cyclic N) is 1. The van der Waals surface area contributed by atoms with Crippen LogP contribution in [0.2, 0.25) is 5.15 Å². The fourth-order valence-corrected chi connectivity index (χ4v) is 1.70. The van der Waals surface area contributed by atoms with Crippen molar-refractivity contribution in [2.75, 3.05) is 13.1 Å². The van der Waals surface area contributed by atoms with E-state index in [1.165, 1.54) is 0 Å². The van der Waals surface area contributed by atoms with Gasteiger partial charge in [-0.1, -0.05) is 11.6 Å². The molecule has 0 unspecified atom stereocenters. The van der Waals surface area contributed by atoms with Gasteiger partial charge in [-0.15, -0.1) is 0 Å². The summed E-state index contributed by atoms with van der Waals surface area (Å²) in [5.41, 5.74) is 0.892. The zero-order chi connectivity index (χ0) is 9.97. The molecule has 1 N–H and O–H groups in total. The average Bonchev–Trinajstić information content (AvgIpc) is 2.56. The van der Waals surface area contributed by atoms with Crippen LogP contribution in [-0.4, -0.2) is 39.2 Å². The molecule has 0 amide bonds. The second kappa shape index (κ2) is 4.21. The highest BCUT2D eigenvalue weighted by Gasteiger charge is 2.20. The zero-order valence-corrected chi connectivity index (χ0v) is 8.48. The Morgan fingerprint density at radius 2 is 2.36 bits per heavy atom. The maximum Gasteiger partial charge on any atom is 0.147 e. The van der Waals surface area contributed by atoms with E-state index in [1.807, 2.05) is 0 Å². The molecule has 0 spiro atoms. The van der Waals surface area contributed by atoms with Crippen LogP contribution in [0.5, 0.6) is 0 Å². The molecule has 0 aromatic carbocycles. The van der Waals surface area contributed by atoms with Crippen LogP contribution < -0.4 is 0 Å². The molecule has 5 heteroatoms. The third-order valence-electron chi connectivity index (χ3n) is 2.31. The monoisotopic (exact) mass is 213 g/mol. The molecule has 76 valence electrons. The predicted octanol–water partition coefficient (Wildman–Crippen LogP) is 0.697. The highest BCUT2D eigenvalue weighted by atomic mass is 35.5. The summed E-state index contributed by atoms with van der Waals surface area (Å²) in [6.07, 6.45) is 3.88. The van der Waals surface area contributed by atoms with Crippen LogP contribution in [0.3, 0.4) is 0 Å². The van der Waals surface area contributed by atoms with Gasteiger partial charge in [-0.05, 0) is 6.42 Å². The van der Waals surface area contributed by atoms with Gasteiger partial charge >= 0.3 is 0 Å². The smallest absolute Gasteiger partial charge is 0.147 e. The lowest BCUT2D eigenvalue weighted by molar-refractivity contribution is 0.174. The average molecular weight is 214 g/mol. The lowest BCUT2D eigenvalue weighted by Crippen LogP contribution is -2.22. The summed E-state index contributed by atoms with van der Waals surface area (Å²) in [6.45, 7) is 2.39. The van der Waals surface area contributed by atoms with Crippen molar-refractivity contribution in [1.29, 1.82) is 0 Å². The van der Waals surface area contributed by atoms with Gasteiger partial charge in [0.1, 0.15) is 5.15 Å². The first-order chi connectivity index (χ1) is 6.74. The van der Waals surface area contributed by atoms with Gasteiger partial charge in [-0.2, -0.15) is 0 Å². The van der Waals surface area contributed by atoms with Crippen LogP contribution >= 0.6 is 11.6 Å². The molecule has 4 nitrogen and oxygen atoms in total. The normalized spacial score (nSPS) is 22.9. The molecule has 1 fully saturated rings. The van der Waals surface area contributed by atoms with Crippen molar-refractivity contribution in [3.8, 4) is 0 Å². The second-order valence-corrected chi connectivity index (χ2v) is 3.90. The van der Waals surface area contributed by atoms with Gasteiger partial charge in [0.05, 0.1) is 24.2 Å². The van der Waals surface area contributed by atoms with Gasteiger partial charge in [0.25, 0.3) is 0 Å². The summed E-state index contributed by atoms with van der Waals surface area (Å²) in [5.74, 6) is 0. The van der Waals surface area contributed by atoms with Crippen LogP contribution in [-0.2, 0) is 6.54 Å². The third-order valence-corrected chi connectivity index (χ3v) is 2.50. The Labute approximate surface area is 87.5 Å². The Kier molecular flexibility index (Phi) is 2.96. The zero-order valence-electron chi connectivity index (χ0n) is 7.73. The van der Waals surface area contributed by atoms with Gasteiger partial charge in [0, 0.05) is 19.6 Å². The summed E-state index contributed by atoms with van der Waals surface area (Å²) in [6, 6.07) is 0. The van der Waals surface area contributed by atoms with E-state index in [4.69, 9.17) is 11.6 Å². The van der Waals surface area contributed by atoms with E-state index in [-0.39, 0.29) is 6.10 Å². The number of nitrogens with zero attached hydrogens (tertiary/aromatic N) is 3. The molecule has 0 bridgehead atoms. The number of halogens is 1. The molecule has 0 radical (unpaired) electrons. The topological polar surface area (TPSA) is 49.2 Å². The van der Waals surface area contributed by atoms with Crippen molar-refractivity contribution in [2.24, 2.45) is 0 Å². The molecule has 1 aromatic heterocycles. The van der Waals surface area contributed by atoms with Crippen molar-refractivity contribution in [1.82, 2.24) is 14.9 Å². The predicted molar refractivity (Wildman–Crippen MR) is 52.9 cm³/mol. The maximum absolute atomic E-state index is 9.32. The van der Waals surface area contributed by atoms with E-state index < -0.39 is 0 Å². The fourth-order valence-electron chi connectivity index (χ4n) is 1.61. The standard InChI is InChI=1S/C9H12ClN3O/c10-9-4-11-7(3-12-9)5-13-2-1-8(14)6-13/h3-4,8,14H,1-2,5-6H2/t8-/m0/s1. The molecule has 0 saturated carbocycles. The Morgan fingerprint density at radius 1 is 1.50 bits per heavy atom. The van der Waals surface area contributed by atoms with E-state index in [2.05, 4.69) is 14.9 Å². The Hall–Kier alpha value is -0.710. The van der Waals surface area contributed by atoms with Crippen molar-refractivity contribution in [2.45, 2.75) is 19.1 Å². The maximum atomic E-state index is 9.32. The number of hydrogen-bond acceptors (Lipinski definition) is 4. The van der Waals surface area contributed by atoms with E-state index in [0.717, 1.165) is 31.7 Å². The third kappa shape index (κ3) is 2.41. The first-order valence-electron chi connectivity index (χ1n) is 4.61. The van der Waals surface area contributed by atoms with Gasteiger partial charge in [0.15, 0.2) is 0 Å². The van der Waals surface area contributed by atoms with E-state index >= 15 is 0 Å². The van der Waals surface area contributed by atoms with Crippen molar-refractivity contribution in [3.63, 3.8) is 0 Å². The summed E-state index contributed by atoms with van der Waals surface area (Å²) >= 11 is 5.62. The number of rotatable bonds is 2. The number of hydrogen-bond donors (Lipinski definition) is 1. The van der Waals surface area contributed by atoms with Crippen molar-refractivity contribution >= 4 is 11.6 Å². The molecule has 0 aliphatic carbocycles. The highest BCUT2D eigenvalue weighted by Crippen LogP contribution is 2.12. The number of likely N-dealkylation sites (tertiary alicyclic amines) is 1. The quantitative estimate of drug-likeness (QED) is 0.786. The van der Waals surface area contributed by atoms with Crippen molar-refractivity contribution in [3.05, 3.63) is 23.2 Å². The van der Waals surface area contributed by atoms with Gasteiger partial charge < -0.3 is 5.11 Å². The molecular weight excluding hydrogens is 202 g/mol. The van der Waals surface area contributed by atoms with Crippen LogP contribution in [0.15, 0.2) is 12.4 Å². The van der Waals surface area contributed by atoms with Crippen LogP contribution in [0.4, 0.5) is 0 Å². The van der Waals surface area contributed by atoms with Gasteiger partial charge in [-0.3, -0.25) is 9.88 Å². The molecule has 1 atom stereocenters. The lowest BCUT2D eigenvalue weighted by Gasteiger charge is -2.13. The minimum Gasteiger partial charge on any atom is -0.392 e. The van der Waals surface area contributed by atoms with Gasteiger partial charge in [0.2, 0.25) is 0 Å². The summed E-state index contributed by atoms with van der Waals surface area (Å²) in [7, 11) is 0. The van der Waals surface area contributed by atoms with Crippen LogP contribution in [0, 0.1) is 0 Å². The molecule has 2 heterocycles. The Bertz CT molecular complexity index is 303. The van der Waals surface area contributed by atoms with E-state index in [0.29, 0.717) is 5.15 Å². The SMILES string of the molecule is O[C@H]1CCN(Cc2cnc(Cl)cn2)C1. The first-order valence-corrected chi connectivity index (χ1v) is 4.98. The van der Waals surface area contributed by atoms with Crippen LogP contribution in [0.1, 0.15) is 12.1 Å². The second-order valence-electron chi connectivity index (χ2n) is 3.51. The van der Waals surface area contributed by atoms with Crippen LogP contribution in [0.25, 0.3) is 0 Å². The minimum atomic E-state index is -0.185. The molecule has 2 rings (SSSR count). The first kappa shape index (κ1) is 9.83. The molecule has 1 saturated heterocycles. The molecule has 1 aliphatic heterocycles. The summed E-state index contributed by atoms with van der Waals surface area (Å²) in [4.78, 5) is 10.3. The molecular formula is C9H12ClN3O. The summed E-state index contributed by atoms with van der Waals surface area (Å²) < 4.78 is 0. The number of aliphatic hydroxyl groups excluding tert-OH is 1. The largest absolute Gasteiger partial charge is 0.392 e. The molecule has 1 aromatic rings. The summed E-state index contributed by atoms with van der Waals surface area (Å²) in [5, 5.41) is 9.74. The number of aromatic nitrogens is 2. The van der Waals surface area contributed by atoms with Crippen molar-refractivity contribution < 1.29 is 5.11 Å². The highest BCUT2D eigenvalue weighted by molar-refractivity contribution is 6.29. The molecule has 1 aliphatic rings.